The number of hydrogen-bond acceptors (Lipinski definition) is 4. The molecule has 1 unspecified atom stereocenters. The van der Waals surface area contributed by atoms with Gasteiger partial charge in [-0.15, -0.1) is 0 Å². The van der Waals surface area contributed by atoms with E-state index < -0.39 is 14.4 Å². The molecule has 0 radical (unpaired) electrons. The first-order valence-electron chi connectivity index (χ1n) is 8.53. The quantitative estimate of drug-likeness (QED) is 0.442. The summed E-state index contributed by atoms with van der Waals surface area (Å²) < 4.78 is 6.55. The third-order valence-electron chi connectivity index (χ3n) is 4.63. The van der Waals surface area contributed by atoms with E-state index in [1.807, 2.05) is 18.2 Å². The van der Waals surface area contributed by atoms with E-state index in [2.05, 4.69) is 20.8 Å². The van der Waals surface area contributed by atoms with Gasteiger partial charge in [0.2, 0.25) is 0 Å². The van der Waals surface area contributed by atoms with E-state index in [-0.39, 0.29) is 25.8 Å². The second kappa shape index (κ2) is 9.66. The highest BCUT2D eigenvalue weighted by Gasteiger charge is 2.34. The molecule has 1 atom stereocenters. The van der Waals surface area contributed by atoms with Crippen molar-refractivity contribution in [1.29, 1.82) is 0 Å². The number of aliphatic hydroxyl groups excluding tert-OH is 1. The van der Waals surface area contributed by atoms with Crippen molar-refractivity contribution >= 4 is 20.1 Å². The van der Waals surface area contributed by atoms with E-state index in [4.69, 9.17) is 15.3 Å². The number of aliphatic hydroxyl groups is 1. The second-order valence-electron chi connectivity index (χ2n) is 5.97. The number of nitrogens with zero attached hydrogens (tertiary/aromatic N) is 1. The zero-order chi connectivity index (χ0) is 18.2. The Morgan fingerprint density at radius 2 is 1.92 bits per heavy atom. The predicted molar refractivity (Wildman–Crippen MR) is 98.6 cm³/mol. The number of nitrogen functional groups attached to an aromatic ring is 1. The largest absolute Gasteiger partial charge is 0.465 e. The van der Waals surface area contributed by atoms with Crippen molar-refractivity contribution in [2.75, 3.05) is 25.4 Å². The third-order valence-corrected chi connectivity index (χ3v) is 9.28. The molecular formula is C17H30N2O4Si. The fourth-order valence-corrected chi connectivity index (χ4v) is 5.67. The summed E-state index contributed by atoms with van der Waals surface area (Å²) in [6.45, 7) is 6.45. The molecule has 0 aliphatic carbocycles. The molecule has 0 aliphatic rings. The van der Waals surface area contributed by atoms with Crippen LogP contribution in [0, 0.1) is 0 Å². The van der Waals surface area contributed by atoms with E-state index in [1.54, 1.807) is 6.07 Å². The van der Waals surface area contributed by atoms with Crippen LogP contribution < -0.4 is 5.73 Å². The van der Waals surface area contributed by atoms with Gasteiger partial charge in [0.25, 0.3) is 0 Å². The summed E-state index contributed by atoms with van der Waals surface area (Å²) in [5, 5.41) is 18.5. The Balaban J connectivity index is 3.13. The number of carbonyl (C=O) groups is 1. The van der Waals surface area contributed by atoms with E-state index in [0.29, 0.717) is 5.69 Å². The topological polar surface area (TPSA) is 96.0 Å². The van der Waals surface area contributed by atoms with E-state index >= 15 is 0 Å². The van der Waals surface area contributed by atoms with Gasteiger partial charge in [0.05, 0.1) is 19.3 Å². The lowest BCUT2D eigenvalue weighted by Crippen LogP contribution is -2.42. The highest BCUT2D eigenvalue weighted by Crippen LogP contribution is 2.31. The number of rotatable bonds is 10. The fourth-order valence-electron chi connectivity index (χ4n) is 2.86. The van der Waals surface area contributed by atoms with Gasteiger partial charge in [-0.1, -0.05) is 32.9 Å². The van der Waals surface area contributed by atoms with Gasteiger partial charge < -0.3 is 25.3 Å². The number of amides is 1. The molecule has 0 aromatic heterocycles. The maximum absolute atomic E-state index is 11.4. The van der Waals surface area contributed by atoms with Crippen LogP contribution in [-0.2, 0) is 4.43 Å². The van der Waals surface area contributed by atoms with Crippen molar-refractivity contribution in [2.45, 2.75) is 45.0 Å². The van der Waals surface area contributed by atoms with Crippen LogP contribution in [0.4, 0.5) is 10.5 Å². The smallest absolute Gasteiger partial charge is 0.407 e. The Kier molecular flexibility index (Phi) is 8.24. The molecule has 1 aromatic rings. The average Bonchev–Trinajstić information content (AvgIpc) is 2.58. The van der Waals surface area contributed by atoms with Gasteiger partial charge in [-0.3, -0.25) is 0 Å². The molecule has 0 aliphatic heterocycles. The molecule has 1 aromatic carbocycles. The molecule has 0 heterocycles. The lowest BCUT2D eigenvalue weighted by Gasteiger charge is -2.35. The molecule has 136 valence electrons. The molecule has 0 bridgehead atoms. The summed E-state index contributed by atoms with van der Waals surface area (Å²) >= 11 is 0. The van der Waals surface area contributed by atoms with E-state index in [0.717, 1.165) is 23.7 Å². The zero-order valence-corrected chi connectivity index (χ0v) is 15.9. The van der Waals surface area contributed by atoms with Crippen LogP contribution in [0.3, 0.4) is 0 Å². The van der Waals surface area contributed by atoms with Crippen molar-refractivity contribution < 1.29 is 19.4 Å². The summed E-state index contributed by atoms with van der Waals surface area (Å²) in [4.78, 5) is 12.6. The van der Waals surface area contributed by atoms with Gasteiger partial charge in [0.15, 0.2) is 8.32 Å². The molecule has 0 spiro atoms. The van der Waals surface area contributed by atoms with E-state index in [1.165, 1.54) is 4.90 Å². The zero-order valence-electron chi connectivity index (χ0n) is 14.9. The predicted octanol–water partition coefficient (Wildman–Crippen LogP) is 3.30. The van der Waals surface area contributed by atoms with Gasteiger partial charge in [0.1, 0.15) is 0 Å². The Hall–Kier alpha value is -1.57. The monoisotopic (exact) mass is 354 g/mol. The van der Waals surface area contributed by atoms with Crippen LogP contribution in [0.5, 0.6) is 0 Å². The van der Waals surface area contributed by atoms with Gasteiger partial charge >= 0.3 is 6.09 Å². The summed E-state index contributed by atoms with van der Waals surface area (Å²) in [7, 11) is -1.93. The number of anilines is 1. The van der Waals surface area contributed by atoms with E-state index in [9.17, 15) is 9.90 Å². The van der Waals surface area contributed by atoms with Crippen LogP contribution in [-0.4, -0.2) is 49.2 Å². The number of carboxylic acid groups (broad SMARTS) is 1. The van der Waals surface area contributed by atoms with Gasteiger partial charge in [-0.05, 0) is 35.8 Å². The maximum atomic E-state index is 11.4. The molecular weight excluding hydrogens is 324 g/mol. The minimum absolute atomic E-state index is 0.0659. The summed E-state index contributed by atoms with van der Waals surface area (Å²) in [6.07, 6.45) is -1.43. The Labute approximate surface area is 145 Å². The molecule has 6 nitrogen and oxygen atoms in total. The van der Waals surface area contributed by atoms with Crippen LogP contribution in [0.1, 0.15) is 32.4 Å². The summed E-state index contributed by atoms with van der Waals surface area (Å²) in [6, 6.07) is 10.3. The molecule has 24 heavy (non-hydrogen) atoms. The number of benzene rings is 1. The summed E-state index contributed by atoms with van der Waals surface area (Å²) in [5.41, 5.74) is 7.40. The highest BCUT2D eigenvalue weighted by molar-refractivity contribution is 6.73. The molecule has 7 heteroatoms. The first-order valence-corrected chi connectivity index (χ1v) is 11.1. The van der Waals surface area contributed by atoms with Crippen molar-refractivity contribution in [3.8, 4) is 0 Å². The minimum Gasteiger partial charge on any atom is -0.465 e. The van der Waals surface area contributed by atoms with Crippen molar-refractivity contribution in [3.05, 3.63) is 29.8 Å². The van der Waals surface area contributed by atoms with Crippen molar-refractivity contribution in [3.63, 3.8) is 0 Å². The Bertz CT molecular complexity index is 515. The first-order chi connectivity index (χ1) is 11.4. The molecule has 0 saturated heterocycles. The standard InChI is InChI=1S/C17H30N2O4Si/c1-4-24(5-2,6-3)23-16(13-19(10-11-20)17(21)22)14-8-7-9-15(18)12-14/h7-9,12,16,20H,4-6,10-11,13,18H2,1-3H3,(H,21,22). The molecule has 1 rings (SSSR count). The van der Waals surface area contributed by atoms with Crippen molar-refractivity contribution in [2.24, 2.45) is 0 Å². The molecule has 0 fully saturated rings. The maximum Gasteiger partial charge on any atom is 0.407 e. The SMILES string of the molecule is CC[Si](CC)(CC)OC(CN(CCO)C(=O)O)c1cccc(N)c1. The Morgan fingerprint density at radius 3 is 2.38 bits per heavy atom. The average molecular weight is 355 g/mol. The van der Waals surface area contributed by atoms with Crippen LogP contribution in [0.25, 0.3) is 0 Å². The van der Waals surface area contributed by atoms with Crippen LogP contribution in [0.15, 0.2) is 24.3 Å². The van der Waals surface area contributed by atoms with Crippen LogP contribution >= 0.6 is 0 Å². The van der Waals surface area contributed by atoms with Gasteiger partial charge in [-0.25, -0.2) is 4.79 Å². The van der Waals surface area contributed by atoms with Gasteiger partial charge in [0, 0.05) is 12.2 Å². The minimum atomic E-state index is -1.93. The number of nitrogens with two attached hydrogens (primary N) is 1. The third kappa shape index (κ3) is 5.50. The van der Waals surface area contributed by atoms with Crippen LogP contribution in [0.2, 0.25) is 18.1 Å². The molecule has 1 amide bonds. The Morgan fingerprint density at radius 1 is 1.29 bits per heavy atom. The fraction of sp³-hybridized carbons (Fsp3) is 0.588. The highest BCUT2D eigenvalue weighted by atomic mass is 28.4. The number of hydrogen-bond donors (Lipinski definition) is 3. The van der Waals surface area contributed by atoms with Crippen molar-refractivity contribution in [1.82, 2.24) is 4.90 Å². The molecule has 0 saturated carbocycles. The lowest BCUT2D eigenvalue weighted by molar-refractivity contribution is 0.0927. The van der Waals surface area contributed by atoms with Gasteiger partial charge in [-0.2, -0.15) is 0 Å². The normalized spacial score (nSPS) is 12.8. The second-order valence-corrected chi connectivity index (χ2v) is 10.7. The lowest BCUT2D eigenvalue weighted by atomic mass is 10.1. The summed E-state index contributed by atoms with van der Waals surface area (Å²) in [5.74, 6) is 0. The molecule has 4 N–H and O–H groups in total. The first kappa shape index (κ1) is 20.5.